The van der Waals surface area contributed by atoms with Gasteiger partial charge in [0.2, 0.25) is 0 Å². The fourth-order valence-electron chi connectivity index (χ4n) is 2.84. The minimum absolute atomic E-state index is 0.290. The van der Waals surface area contributed by atoms with Crippen molar-refractivity contribution in [1.29, 1.82) is 0 Å². The van der Waals surface area contributed by atoms with Gasteiger partial charge in [-0.25, -0.2) is 0 Å². The quantitative estimate of drug-likeness (QED) is 0.667. The van der Waals surface area contributed by atoms with Crippen LogP contribution in [0.3, 0.4) is 0 Å². The molecule has 0 aliphatic heterocycles. The Morgan fingerprint density at radius 1 is 1.24 bits per heavy atom. The monoisotopic (exact) mass is 291 g/mol. The summed E-state index contributed by atoms with van der Waals surface area (Å²) in [6, 6.07) is 9.17. The third-order valence-electron chi connectivity index (χ3n) is 4.27. The Balaban J connectivity index is 2.03. The van der Waals surface area contributed by atoms with E-state index in [0.29, 0.717) is 25.9 Å². The van der Waals surface area contributed by atoms with Crippen LogP contribution in [0.1, 0.15) is 55.7 Å². The number of hydrogen-bond donors (Lipinski definition) is 1. The van der Waals surface area contributed by atoms with Crippen molar-refractivity contribution in [3.8, 4) is 0 Å². The molecule has 1 unspecified atom stereocenters. The first-order valence-electron chi connectivity index (χ1n) is 8.25. The molecule has 1 N–H and O–H groups in total. The van der Waals surface area contributed by atoms with Crippen LogP contribution in [0.15, 0.2) is 24.3 Å². The normalized spacial score (nSPS) is 16.7. The minimum Gasteiger partial charge on any atom is -0.382 e. The molecular formula is C18H29NO2. The lowest BCUT2D eigenvalue weighted by Crippen LogP contribution is -2.28. The smallest absolute Gasteiger partial charge is 0.0701 e. The highest BCUT2D eigenvalue weighted by molar-refractivity contribution is 5.34. The molecule has 1 aliphatic carbocycles. The van der Waals surface area contributed by atoms with Crippen LogP contribution < -0.4 is 5.32 Å². The SMILES string of the molecule is CCCNC(COCCOC)c1ccccc1C1CCC1. The lowest BCUT2D eigenvalue weighted by molar-refractivity contribution is 0.0583. The Hall–Kier alpha value is -0.900. The summed E-state index contributed by atoms with van der Waals surface area (Å²) in [6.45, 7) is 5.26. The number of methoxy groups -OCH3 is 1. The average Bonchev–Trinajstić information content (AvgIpc) is 2.46. The molecule has 0 radical (unpaired) electrons. The Labute approximate surface area is 129 Å². The van der Waals surface area contributed by atoms with Gasteiger partial charge in [-0.3, -0.25) is 0 Å². The summed E-state index contributed by atoms with van der Waals surface area (Å²) in [6.07, 6.45) is 5.18. The second-order valence-corrected chi connectivity index (χ2v) is 5.83. The van der Waals surface area contributed by atoms with Crippen LogP contribution >= 0.6 is 0 Å². The maximum Gasteiger partial charge on any atom is 0.0701 e. The van der Waals surface area contributed by atoms with Gasteiger partial charge in [0.15, 0.2) is 0 Å². The number of rotatable bonds is 10. The highest BCUT2D eigenvalue weighted by Gasteiger charge is 2.24. The van der Waals surface area contributed by atoms with E-state index in [4.69, 9.17) is 9.47 Å². The van der Waals surface area contributed by atoms with Crippen LogP contribution in [0.4, 0.5) is 0 Å². The number of benzene rings is 1. The topological polar surface area (TPSA) is 30.5 Å². The molecule has 1 saturated carbocycles. The first-order chi connectivity index (χ1) is 10.4. The molecule has 1 fully saturated rings. The zero-order chi connectivity index (χ0) is 14.9. The number of hydrogen-bond acceptors (Lipinski definition) is 3. The molecule has 1 aliphatic rings. The molecule has 1 aromatic carbocycles. The molecule has 0 saturated heterocycles. The van der Waals surface area contributed by atoms with E-state index in [9.17, 15) is 0 Å². The van der Waals surface area contributed by atoms with Crippen molar-refractivity contribution in [3.63, 3.8) is 0 Å². The van der Waals surface area contributed by atoms with Gasteiger partial charge in [0.25, 0.3) is 0 Å². The van der Waals surface area contributed by atoms with Crippen molar-refractivity contribution in [3.05, 3.63) is 35.4 Å². The lowest BCUT2D eigenvalue weighted by atomic mass is 9.77. The van der Waals surface area contributed by atoms with Gasteiger partial charge >= 0.3 is 0 Å². The van der Waals surface area contributed by atoms with Crippen LogP contribution in [0, 0.1) is 0 Å². The summed E-state index contributed by atoms with van der Waals surface area (Å²) in [5.41, 5.74) is 2.95. The maximum absolute atomic E-state index is 5.79. The summed E-state index contributed by atoms with van der Waals surface area (Å²) in [5, 5.41) is 3.64. The van der Waals surface area contributed by atoms with Gasteiger partial charge in [0.1, 0.15) is 0 Å². The second kappa shape index (κ2) is 9.19. The van der Waals surface area contributed by atoms with Crippen molar-refractivity contribution in [2.24, 2.45) is 0 Å². The van der Waals surface area contributed by atoms with E-state index in [1.807, 2.05) is 0 Å². The molecule has 1 aromatic rings. The van der Waals surface area contributed by atoms with E-state index in [2.05, 4.69) is 36.5 Å². The third-order valence-corrected chi connectivity index (χ3v) is 4.27. The molecule has 3 heteroatoms. The molecule has 0 spiro atoms. The Kier molecular flexibility index (Phi) is 7.20. The third kappa shape index (κ3) is 4.80. The molecule has 118 valence electrons. The zero-order valence-electron chi connectivity index (χ0n) is 13.4. The summed E-state index contributed by atoms with van der Waals surface area (Å²) < 4.78 is 10.8. The predicted octanol–water partition coefficient (Wildman–Crippen LogP) is 3.66. The van der Waals surface area contributed by atoms with Gasteiger partial charge in [-0.15, -0.1) is 0 Å². The van der Waals surface area contributed by atoms with Gasteiger partial charge in [-0.1, -0.05) is 37.6 Å². The number of nitrogens with one attached hydrogen (secondary N) is 1. The molecular weight excluding hydrogens is 262 g/mol. The van der Waals surface area contributed by atoms with Crippen LogP contribution in [0.25, 0.3) is 0 Å². The van der Waals surface area contributed by atoms with E-state index in [0.717, 1.165) is 18.9 Å². The molecule has 0 heterocycles. The number of ether oxygens (including phenoxy) is 2. The van der Waals surface area contributed by atoms with Gasteiger partial charge in [-0.05, 0) is 42.9 Å². The highest BCUT2D eigenvalue weighted by atomic mass is 16.5. The molecule has 0 bridgehead atoms. The first-order valence-corrected chi connectivity index (χ1v) is 8.25. The fourth-order valence-corrected chi connectivity index (χ4v) is 2.84. The Morgan fingerprint density at radius 3 is 2.71 bits per heavy atom. The zero-order valence-corrected chi connectivity index (χ0v) is 13.4. The van der Waals surface area contributed by atoms with Crippen molar-refractivity contribution >= 4 is 0 Å². The molecule has 21 heavy (non-hydrogen) atoms. The van der Waals surface area contributed by atoms with Crippen molar-refractivity contribution in [2.75, 3.05) is 33.5 Å². The fraction of sp³-hybridized carbons (Fsp3) is 0.667. The standard InChI is InChI=1S/C18H29NO2/c1-3-11-19-18(14-21-13-12-20-2)17-10-5-4-9-16(17)15-7-6-8-15/h4-5,9-10,15,18-19H,3,6-8,11-14H2,1-2H3. The lowest BCUT2D eigenvalue weighted by Gasteiger charge is -2.31. The molecule has 0 aromatic heterocycles. The average molecular weight is 291 g/mol. The summed E-state index contributed by atoms with van der Waals surface area (Å²) in [5.74, 6) is 0.756. The van der Waals surface area contributed by atoms with Gasteiger partial charge < -0.3 is 14.8 Å². The van der Waals surface area contributed by atoms with Crippen LogP contribution in [-0.2, 0) is 9.47 Å². The van der Waals surface area contributed by atoms with Gasteiger partial charge in [0.05, 0.1) is 25.9 Å². The van der Waals surface area contributed by atoms with Crippen LogP contribution in [0.5, 0.6) is 0 Å². The summed E-state index contributed by atoms with van der Waals surface area (Å²) in [7, 11) is 1.71. The van der Waals surface area contributed by atoms with E-state index < -0.39 is 0 Å². The van der Waals surface area contributed by atoms with E-state index in [1.54, 1.807) is 7.11 Å². The molecule has 1 atom stereocenters. The van der Waals surface area contributed by atoms with Gasteiger partial charge in [-0.2, -0.15) is 0 Å². The second-order valence-electron chi connectivity index (χ2n) is 5.83. The Bertz CT molecular complexity index is 404. The molecule has 0 amide bonds. The predicted molar refractivity (Wildman–Crippen MR) is 86.8 cm³/mol. The maximum atomic E-state index is 5.79. The van der Waals surface area contributed by atoms with Crippen molar-refractivity contribution in [1.82, 2.24) is 5.32 Å². The largest absolute Gasteiger partial charge is 0.382 e. The highest BCUT2D eigenvalue weighted by Crippen LogP contribution is 2.39. The van der Waals surface area contributed by atoms with E-state index >= 15 is 0 Å². The summed E-state index contributed by atoms with van der Waals surface area (Å²) >= 11 is 0. The first kappa shape index (κ1) is 16.5. The van der Waals surface area contributed by atoms with Gasteiger partial charge in [0, 0.05) is 7.11 Å². The van der Waals surface area contributed by atoms with Crippen LogP contribution in [-0.4, -0.2) is 33.5 Å². The molecule has 3 nitrogen and oxygen atoms in total. The summed E-state index contributed by atoms with van der Waals surface area (Å²) in [4.78, 5) is 0. The van der Waals surface area contributed by atoms with Crippen molar-refractivity contribution < 1.29 is 9.47 Å². The van der Waals surface area contributed by atoms with Crippen LogP contribution in [0.2, 0.25) is 0 Å². The van der Waals surface area contributed by atoms with E-state index in [1.165, 1.54) is 30.4 Å². The Morgan fingerprint density at radius 2 is 2.05 bits per heavy atom. The minimum atomic E-state index is 0.290. The molecule has 2 rings (SSSR count). The van der Waals surface area contributed by atoms with Crippen molar-refractivity contribution in [2.45, 2.75) is 44.6 Å². The van der Waals surface area contributed by atoms with E-state index in [-0.39, 0.29) is 0 Å².